The van der Waals surface area contributed by atoms with Crippen LogP contribution in [0.4, 0.5) is 20.8 Å². The summed E-state index contributed by atoms with van der Waals surface area (Å²) < 4.78 is 10.0. The van der Waals surface area contributed by atoms with Crippen molar-refractivity contribution >= 4 is 49.7 Å². The Kier molecular flexibility index (Phi) is 7.52. The van der Waals surface area contributed by atoms with Crippen LogP contribution in [0, 0.1) is 18.9 Å². The van der Waals surface area contributed by atoms with Crippen molar-refractivity contribution in [3.63, 3.8) is 0 Å². The van der Waals surface area contributed by atoms with Gasteiger partial charge in [-0.3, -0.25) is 9.78 Å². The van der Waals surface area contributed by atoms with Crippen molar-refractivity contribution in [2.24, 2.45) is 15.6 Å². The molecular weight excluding hydrogens is 482 g/mol. The molecule has 1 aliphatic rings. The number of piperidine rings is 1. The smallest absolute Gasteiger partial charge is 0.311 e. The predicted molar refractivity (Wildman–Crippen MR) is 138 cm³/mol. The molecule has 4 heterocycles. The Morgan fingerprint density at radius 3 is 2.71 bits per heavy atom. The van der Waals surface area contributed by atoms with Crippen LogP contribution in [0.3, 0.4) is 0 Å². The van der Waals surface area contributed by atoms with Crippen molar-refractivity contribution < 1.29 is 9.53 Å². The van der Waals surface area contributed by atoms with E-state index in [-0.39, 0.29) is 12.1 Å². The third-order valence-corrected chi connectivity index (χ3v) is 7.93. The number of azo groups is 1. The number of aromatic nitrogens is 3. The minimum atomic E-state index is -0.464. The summed E-state index contributed by atoms with van der Waals surface area (Å²) >= 11 is 2.61. The SMILES string of the molecule is [C-]#[N+]c1c(C)nsc1N=Nc1sc(N2CCC(OC(=O)C(C)(C)CC)CC2)nc1-c1cccnc1. The van der Waals surface area contributed by atoms with Gasteiger partial charge in [-0.2, -0.15) is 0 Å². The first-order chi connectivity index (χ1) is 16.8. The number of ether oxygens (including phenoxy) is 1. The predicted octanol–water partition coefficient (Wildman–Crippen LogP) is 6.88. The van der Waals surface area contributed by atoms with Gasteiger partial charge in [-0.05, 0) is 50.9 Å². The van der Waals surface area contributed by atoms with Gasteiger partial charge in [0.1, 0.15) is 11.8 Å². The molecule has 0 bridgehead atoms. The number of esters is 1. The first-order valence-electron chi connectivity index (χ1n) is 11.4. The molecule has 0 unspecified atom stereocenters. The van der Waals surface area contributed by atoms with Gasteiger partial charge in [0.25, 0.3) is 0 Å². The van der Waals surface area contributed by atoms with Crippen molar-refractivity contribution in [3.8, 4) is 11.3 Å². The molecule has 0 spiro atoms. The molecule has 1 aliphatic heterocycles. The zero-order valence-corrected chi connectivity index (χ0v) is 21.8. The Labute approximate surface area is 212 Å². The summed E-state index contributed by atoms with van der Waals surface area (Å²) in [5, 5.41) is 10.8. The van der Waals surface area contributed by atoms with E-state index in [4.69, 9.17) is 16.3 Å². The molecule has 0 amide bonds. The molecule has 4 rings (SSSR count). The van der Waals surface area contributed by atoms with E-state index in [9.17, 15) is 4.79 Å². The highest BCUT2D eigenvalue weighted by Gasteiger charge is 2.31. The Morgan fingerprint density at radius 2 is 2.06 bits per heavy atom. The maximum atomic E-state index is 12.5. The van der Waals surface area contributed by atoms with E-state index in [2.05, 4.69) is 29.3 Å². The van der Waals surface area contributed by atoms with Crippen LogP contribution in [0.5, 0.6) is 0 Å². The molecule has 0 aliphatic carbocycles. The van der Waals surface area contributed by atoms with Crippen LogP contribution in [0.1, 0.15) is 45.7 Å². The van der Waals surface area contributed by atoms with Crippen LogP contribution in [0.15, 0.2) is 34.8 Å². The number of anilines is 1. The van der Waals surface area contributed by atoms with Gasteiger partial charge in [-0.1, -0.05) is 18.3 Å². The molecule has 1 fully saturated rings. The van der Waals surface area contributed by atoms with Gasteiger partial charge in [-0.15, -0.1) is 10.2 Å². The fourth-order valence-electron chi connectivity index (χ4n) is 3.45. The average Bonchev–Trinajstić information content (AvgIpc) is 3.46. The molecule has 35 heavy (non-hydrogen) atoms. The summed E-state index contributed by atoms with van der Waals surface area (Å²) in [6.07, 6.45) is 5.63. The molecule has 3 aromatic heterocycles. The van der Waals surface area contributed by atoms with Crippen LogP contribution in [-0.2, 0) is 9.53 Å². The third-order valence-electron chi connectivity index (χ3n) is 6.11. The Hall–Kier alpha value is -3.23. The lowest BCUT2D eigenvalue weighted by Gasteiger charge is -2.33. The van der Waals surface area contributed by atoms with Crippen molar-refractivity contribution in [2.75, 3.05) is 18.0 Å². The van der Waals surface area contributed by atoms with E-state index in [1.165, 1.54) is 11.3 Å². The Bertz CT molecular complexity index is 1250. The summed E-state index contributed by atoms with van der Waals surface area (Å²) in [6, 6.07) is 3.80. The molecule has 11 heteroatoms. The lowest BCUT2D eigenvalue weighted by molar-refractivity contribution is -0.160. The number of carbonyl (C=O) groups is 1. The highest BCUT2D eigenvalue weighted by Crippen LogP contribution is 2.43. The largest absolute Gasteiger partial charge is 0.462 e. The number of pyridine rings is 1. The van der Waals surface area contributed by atoms with Gasteiger partial charge in [0.15, 0.2) is 15.1 Å². The molecule has 0 saturated carbocycles. The van der Waals surface area contributed by atoms with Gasteiger partial charge in [0.05, 0.1) is 17.7 Å². The van der Waals surface area contributed by atoms with E-state index in [1.807, 2.05) is 32.9 Å². The van der Waals surface area contributed by atoms with E-state index in [0.29, 0.717) is 27.1 Å². The number of aryl methyl sites for hydroxylation is 1. The van der Waals surface area contributed by atoms with Crippen molar-refractivity contribution in [1.82, 2.24) is 14.3 Å². The maximum absolute atomic E-state index is 12.5. The highest BCUT2D eigenvalue weighted by molar-refractivity contribution is 7.19. The van der Waals surface area contributed by atoms with Gasteiger partial charge >= 0.3 is 5.97 Å². The van der Waals surface area contributed by atoms with E-state index in [1.54, 1.807) is 19.3 Å². The van der Waals surface area contributed by atoms with Crippen molar-refractivity contribution in [3.05, 3.63) is 41.6 Å². The second kappa shape index (κ2) is 10.6. The van der Waals surface area contributed by atoms with Crippen LogP contribution in [0.25, 0.3) is 16.1 Å². The third kappa shape index (κ3) is 5.55. The number of carbonyl (C=O) groups excluding carboxylic acids is 1. The Morgan fingerprint density at radius 1 is 1.31 bits per heavy atom. The number of hydrogen-bond acceptors (Lipinski definition) is 10. The summed E-state index contributed by atoms with van der Waals surface area (Å²) in [6.45, 7) is 16.5. The fourth-order valence-corrected chi connectivity index (χ4v) is 5.08. The lowest BCUT2D eigenvalue weighted by atomic mass is 9.90. The van der Waals surface area contributed by atoms with Gasteiger partial charge in [-0.25, -0.2) is 14.2 Å². The number of rotatable bonds is 7. The molecule has 0 aromatic carbocycles. The number of hydrogen-bond donors (Lipinski definition) is 0. The minimum absolute atomic E-state index is 0.0805. The second-order valence-electron chi connectivity index (χ2n) is 8.95. The molecular formula is C24H27N7O2S2. The summed E-state index contributed by atoms with van der Waals surface area (Å²) in [5.74, 6) is -0.133. The lowest BCUT2D eigenvalue weighted by Crippen LogP contribution is -2.39. The van der Waals surface area contributed by atoms with Crippen molar-refractivity contribution in [1.29, 1.82) is 0 Å². The first kappa shape index (κ1) is 24.9. The number of nitrogens with zero attached hydrogens (tertiary/aromatic N) is 7. The number of thiazole rings is 1. The molecule has 0 atom stereocenters. The second-order valence-corrected chi connectivity index (χ2v) is 10.7. The minimum Gasteiger partial charge on any atom is -0.462 e. The molecule has 0 N–H and O–H groups in total. The normalized spacial score (nSPS) is 14.9. The van der Waals surface area contributed by atoms with E-state index < -0.39 is 5.41 Å². The molecule has 3 aromatic rings. The quantitative estimate of drug-likeness (QED) is 0.195. The molecule has 182 valence electrons. The maximum Gasteiger partial charge on any atom is 0.311 e. The molecule has 0 radical (unpaired) electrons. The van der Waals surface area contributed by atoms with Gasteiger partial charge in [0.2, 0.25) is 5.69 Å². The van der Waals surface area contributed by atoms with Gasteiger partial charge < -0.3 is 9.64 Å². The van der Waals surface area contributed by atoms with Gasteiger partial charge in [0, 0.05) is 43.9 Å². The van der Waals surface area contributed by atoms with Crippen LogP contribution >= 0.6 is 22.9 Å². The van der Waals surface area contributed by atoms with Crippen molar-refractivity contribution in [2.45, 2.75) is 53.1 Å². The topological polar surface area (TPSA) is 97.3 Å². The van der Waals surface area contributed by atoms with Crippen LogP contribution in [-0.4, -0.2) is 39.5 Å². The molecule has 1 saturated heterocycles. The zero-order chi connectivity index (χ0) is 25.0. The van der Waals surface area contributed by atoms with Crippen LogP contribution in [0.2, 0.25) is 0 Å². The van der Waals surface area contributed by atoms with E-state index >= 15 is 0 Å². The monoisotopic (exact) mass is 509 g/mol. The Balaban J connectivity index is 1.54. The average molecular weight is 510 g/mol. The van der Waals surface area contributed by atoms with Crippen LogP contribution < -0.4 is 4.90 Å². The summed E-state index contributed by atoms with van der Waals surface area (Å²) in [5.41, 5.74) is 2.16. The summed E-state index contributed by atoms with van der Waals surface area (Å²) in [4.78, 5) is 27.3. The molecule has 9 nitrogen and oxygen atoms in total. The first-order valence-corrected chi connectivity index (χ1v) is 13.0. The highest BCUT2D eigenvalue weighted by atomic mass is 32.1. The standard InChI is InChI=1S/C24H27N7O2S2/c1-6-24(3,4)22(32)33-17-9-12-31(13-10-17)23-27-19(16-8-7-11-26-14-16)20(34-23)28-29-21-18(25-5)15(2)30-35-21/h7-8,11,14,17H,6,9-10,12-13H2,1-4H3. The fraction of sp³-hybridized carbons (Fsp3) is 0.458. The summed E-state index contributed by atoms with van der Waals surface area (Å²) in [7, 11) is 0. The van der Waals surface area contributed by atoms with E-state index in [0.717, 1.165) is 54.6 Å². The zero-order valence-electron chi connectivity index (χ0n) is 20.2.